The van der Waals surface area contributed by atoms with Crippen molar-refractivity contribution in [2.75, 3.05) is 37.6 Å². The van der Waals surface area contributed by atoms with E-state index in [9.17, 15) is 0 Å². The Labute approximate surface area is 287 Å². The number of aromatic nitrogens is 1. The fourth-order valence-corrected chi connectivity index (χ4v) is 8.23. The van der Waals surface area contributed by atoms with E-state index in [1.54, 1.807) is 11.1 Å². The van der Waals surface area contributed by atoms with Crippen LogP contribution in [0.3, 0.4) is 0 Å². The number of rotatable bonds is 13. The zero-order valence-corrected chi connectivity index (χ0v) is 30.6. The Morgan fingerprint density at radius 2 is 1.77 bits per heavy atom. The molecule has 3 heterocycles. The van der Waals surface area contributed by atoms with Crippen LogP contribution in [-0.4, -0.2) is 48.2 Å². The third-order valence-electron chi connectivity index (χ3n) is 10.6. The average molecular weight is 637 g/mol. The van der Waals surface area contributed by atoms with E-state index in [1.807, 2.05) is 13.8 Å². The topological polar surface area (TPSA) is 23.4 Å². The van der Waals surface area contributed by atoms with E-state index >= 15 is 0 Å². The first-order chi connectivity index (χ1) is 23.0. The second-order valence-electron chi connectivity index (χ2n) is 14.4. The molecular formula is C43H64N4. The maximum Gasteiger partial charge on any atom is 0.0572 e. The third kappa shape index (κ3) is 8.55. The van der Waals surface area contributed by atoms with E-state index < -0.39 is 0 Å². The summed E-state index contributed by atoms with van der Waals surface area (Å²) in [4.78, 5) is 5.29. The number of hydrogen-bond donors (Lipinski definition) is 1. The fraction of sp³-hybridized carbons (Fsp3) is 0.581. The molecule has 6 rings (SSSR count). The highest BCUT2D eigenvalue weighted by Gasteiger charge is 2.29. The van der Waals surface area contributed by atoms with Crippen LogP contribution in [0.15, 0.2) is 60.8 Å². The standard InChI is InChI=1S/C41H58N4.C2H6/c1-31(2)42-24-11-5-6-12-27-44(30-33(4)43-25-13-8-14-26-43)38-21-15-19-36-35(38)20-16-28-45-39-29-32(3)22-23-37(39)40(41(36)45)34-17-9-7-10-18-34;1-2/h7,9,15,19,21-23,29,31,34,42H,4-6,8,10-14,16-18,20,24-28,30H2,1-3H3;1-2H3. The summed E-state index contributed by atoms with van der Waals surface area (Å²) in [7, 11) is 0. The van der Waals surface area contributed by atoms with Crippen molar-refractivity contribution >= 4 is 16.6 Å². The number of aryl methyl sites for hydroxylation is 2. The summed E-state index contributed by atoms with van der Waals surface area (Å²) in [6.45, 7) is 22.0. The third-order valence-corrected chi connectivity index (χ3v) is 10.6. The lowest BCUT2D eigenvalue weighted by Gasteiger charge is -2.35. The first kappa shape index (κ1) is 35.3. The van der Waals surface area contributed by atoms with Gasteiger partial charge in [-0.15, -0.1) is 0 Å². The lowest BCUT2D eigenvalue weighted by atomic mass is 9.84. The molecule has 0 bridgehead atoms. The lowest BCUT2D eigenvalue weighted by Crippen LogP contribution is -2.36. The van der Waals surface area contributed by atoms with Gasteiger partial charge in [0.1, 0.15) is 0 Å². The Morgan fingerprint density at radius 3 is 2.53 bits per heavy atom. The van der Waals surface area contributed by atoms with Crippen LogP contribution in [-0.2, 0) is 13.0 Å². The number of nitrogens with zero attached hydrogens (tertiary/aromatic N) is 3. The minimum absolute atomic E-state index is 0.576. The quantitative estimate of drug-likeness (QED) is 0.149. The second-order valence-corrected chi connectivity index (χ2v) is 14.4. The maximum atomic E-state index is 4.67. The van der Waals surface area contributed by atoms with Crippen molar-refractivity contribution in [3.63, 3.8) is 0 Å². The van der Waals surface area contributed by atoms with E-state index in [2.05, 4.69) is 95.6 Å². The SMILES string of the molecule is C=C(CN(CCCCCCNC(C)C)c1cccc2c1CCCn1c-2c(C2CC=CCC2)c2ccc(C)cc21)N1CCCCC1.CC. The van der Waals surface area contributed by atoms with Gasteiger partial charge in [-0.3, -0.25) is 0 Å². The Bertz CT molecular complexity index is 1470. The molecule has 1 unspecified atom stereocenters. The van der Waals surface area contributed by atoms with E-state index in [4.69, 9.17) is 0 Å². The van der Waals surface area contributed by atoms with Crippen LogP contribution < -0.4 is 10.2 Å². The highest BCUT2D eigenvalue weighted by Crippen LogP contribution is 2.46. The van der Waals surface area contributed by atoms with E-state index in [1.165, 1.54) is 116 Å². The van der Waals surface area contributed by atoms with E-state index in [0.717, 1.165) is 39.0 Å². The molecule has 256 valence electrons. The molecule has 1 fully saturated rings. The molecule has 1 N–H and O–H groups in total. The van der Waals surface area contributed by atoms with Crippen LogP contribution in [0.25, 0.3) is 22.2 Å². The molecule has 1 aromatic heterocycles. The van der Waals surface area contributed by atoms with Crippen molar-refractivity contribution in [1.82, 2.24) is 14.8 Å². The number of unbranched alkanes of at least 4 members (excludes halogenated alkanes) is 3. The number of fused-ring (bicyclic) bond motifs is 5. The van der Waals surface area contributed by atoms with Crippen molar-refractivity contribution < 1.29 is 0 Å². The zero-order valence-electron chi connectivity index (χ0n) is 30.6. The Hall–Kier alpha value is -2.98. The van der Waals surface area contributed by atoms with Gasteiger partial charge in [-0.25, -0.2) is 0 Å². The summed E-state index contributed by atoms with van der Waals surface area (Å²) in [6.07, 6.45) is 19.8. The lowest BCUT2D eigenvalue weighted by molar-refractivity contribution is 0.282. The van der Waals surface area contributed by atoms with Crippen molar-refractivity contribution in [2.24, 2.45) is 0 Å². The van der Waals surface area contributed by atoms with Gasteiger partial charge in [0.15, 0.2) is 0 Å². The van der Waals surface area contributed by atoms with Crippen LogP contribution in [0.1, 0.15) is 121 Å². The molecule has 0 radical (unpaired) electrons. The van der Waals surface area contributed by atoms with Gasteiger partial charge in [-0.2, -0.15) is 0 Å². The number of nitrogens with one attached hydrogen (secondary N) is 1. The molecule has 0 spiro atoms. The van der Waals surface area contributed by atoms with Gasteiger partial charge >= 0.3 is 0 Å². The van der Waals surface area contributed by atoms with Crippen LogP contribution in [0.2, 0.25) is 0 Å². The van der Waals surface area contributed by atoms with Crippen LogP contribution >= 0.6 is 0 Å². The number of piperidine rings is 1. The first-order valence-electron chi connectivity index (χ1n) is 19.3. The zero-order chi connectivity index (χ0) is 33.2. The van der Waals surface area contributed by atoms with Gasteiger partial charge in [-0.05, 0) is 112 Å². The number of hydrogen-bond acceptors (Lipinski definition) is 3. The minimum Gasteiger partial charge on any atom is -0.374 e. The van der Waals surface area contributed by atoms with Crippen molar-refractivity contribution in [1.29, 1.82) is 0 Å². The van der Waals surface area contributed by atoms with Gasteiger partial charge < -0.3 is 19.7 Å². The minimum atomic E-state index is 0.576. The summed E-state index contributed by atoms with van der Waals surface area (Å²) in [5, 5.41) is 5.07. The molecule has 0 saturated carbocycles. The molecule has 3 aliphatic rings. The second kappa shape index (κ2) is 17.4. The first-order valence-corrected chi connectivity index (χ1v) is 19.3. The van der Waals surface area contributed by atoms with Gasteiger partial charge in [0.25, 0.3) is 0 Å². The molecule has 1 aliphatic carbocycles. The summed E-state index contributed by atoms with van der Waals surface area (Å²) in [5.74, 6) is 0.589. The molecule has 1 atom stereocenters. The molecule has 4 nitrogen and oxygen atoms in total. The maximum absolute atomic E-state index is 4.67. The smallest absolute Gasteiger partial charge is 0.0572 e. The Balaban J connectivity index is 0.00000213. The summed E-state index contributed by atoms with van der Waals surface area (Å²) < 4.78 is 2.70. The molecular weight excluding hydrogens is 573 g/mol. The largest absolute Gasteiger partial charge is 0.374 e. The van der Waals surface area contributed by atoms with Crippen LogP contribution in [0.4, 0.5) is 5.69 Å². The number of likely N-dealkylation sites (tertiary alicyclic amines) is 1. The molecule has 2 aliphatic heterocycles. The van der Waals surface area contributed by atoms with Crippen LogP contribution in [0, 0.1) is 6.92 Å². The fourth-order valence-electron chi connectivity index (χ4n) is 8.23. The van der Waals surface area contributed by atoms with Gasteiger partial charge in [0.05, 0.1) is 12.2 Å². The molecule has 3 aromatic rings. The predicted molar refractivity (Wildman–Crippen MR) is 206 cm³/mol. The van der Waals surface area contributed by atoms with Crippen LogP contribution in [0.5, 0.6) is 0 Å². The highest BCUT2D eigenvalue weighted by molar-refractivity contribution is 5.94. The van der Waals surface area contributed by atoms with Crippen molar-refractivity contribution in [3.8, 4) is 11.3 Å². The molecule has 1 saturated heterocycles. The molecule has 4 heteroatoms. The molecule has 47 heavy (non-hydrogen) atoms. The number of benzene rings is 2. The number of allylic oxidation sites excluding steroid dienone is 2. The van der Waals surface area contributed by atoms with Crippen molar-refractivity contribution in [3.05, 3.63) is 77.5 Å². The Kier molecular flexibility index (Phi) is 13.1. The average Bonchev–Trinajstić information content (AvgIpc) is 3.28. The normalized spacial score (nSPS) is 17.6. The van der Waals surface area contributed by atoms with E-state index in [0.29, 0.717) is 12.0 Å². The predicted octanol–water partition coefficient (Wildman–Crippen LogP) is 10.8. The monoisotopic (exact) mass is 637 g/mol. The van der Waals surface area contributed by atoms with E-state index in [-0.39, 0.29) is 0 Å². The van der Waals surface area contributed by atoms with Gasteiger partial charge in [0, 0.05) is 60.1 Å². The van der Waals surface area contributed by atoms with Gasteiger partial charge in [-0.1, -0.05) is 83.5 Å². The summed E-state index contributed by atoms with van der Waals surface area (Å²) >= 11 is 0. The molecule has 2 aromatic carbocycles. The van der Waals surface area contributed by atoms with Crippen molar-refractivity contribution in [2.45, 2.75) is 130 Å². The summed E-state index contributed by atoms with van der Waals surface area (Å²) in [6, 6.07) is 15.0. The molecule has 0 amide bonds. The summed E-state index contributed by atoms with van der Waals surface area (Å²) in [5.41, 5.74) is 11.7. The highest BCUT2D eigenvalue weighted by atomic mass is 15.2. The number of anilines is 1. The van der Waals surface area contributed by atoms with Gasteiger partial charge in [0.2, 0.25) is 0 Å². The Morgan fingerprint density at radius 1 is 0.957 bits per heavy atom.